The van der Waals surface area contributed by atoms with Crippen LogP contribution in [0.2, 0.25) is 0 Å². The number of ether oxygens (including phenoxy) is 1. The van der Waals surface area contributed by atoms with Gasteiger partial charge in [-0.1, -0.05) is 0 Å². The number of rotatable bonds is 3. The van der Waals surface area contributed by atoms with Crippen molar-refractivity contribution in [2.75, 3.05) is 0 Å². The minimum absolute atomic E-state index is 0.353. The van der Waals surface area contributed by atoms with Gasteiger partial charge in [0.25, 0.3) is 0 Å². The molecular weight excluding hydrogens is 184 g/mol. The van der Waals surface area contributed by atoms with Gasteiger partial charge in [-0.25, -0.2) is 0 Å². The lowest BCUT2D eigenvalue weighted by atomic mass is 10.3. The Bertz CT molecular complexity index is 250. The third kappa shape index (κ3) is 2.49. The number of thiazole rings is 1. The quantitative estimate of drug-likeness (QED) is 0.801. The SMILES string of the molecule is NC1CCC(OCc2cncs2)C1. The van der Waals surface area contributed by atoms with E-state index in [-0.39, 0.29) is 0 Å². The lowest BCUT2D eigenvalue weighted by Crippen LogP contribution is -2.17. The fourth-order valence-corrected chi connectivity index (χ4v) is 2.15. The van der Waals surface area contributed by atoms with Crippen LogP contribution >= 0.6 is 11.3 Å². The number of hydrogen-bond donors (Lipinski definition) is 1. The maximum absolute atomic E-state index is 5.78. The molecular formula is C9H14N2OS. The molecule has 1 aliphatic carbocycles. The van der Waals surface area contributed by atoms with Crippen molar-refractivity contribution in [3.8, 4) is 0 Å². The molecule has 0 amide bonds. The Labute approximate surface area is 81.9 Å². The molecule has 0 aromatic carbocycles. The average molecular weight is 198 g/mol. The second-order valence-corrected chi connectivity index (χ2v) is 4.44. The van der Waals surface area contributed by atoms with Gasteiger partial charge in [0.2, 0.25) is 0 Å². The summed E-state index contributed by atoms with van der Waals surface area (Å²) < 4.78 is 5.71. The van der Waals surface area contributed by atoms with Crippen molar-refractivity contribution in [2.45, 2.75) is 38.0 Å². The Balaban J connectivity index is 1.74. The van der Waals surface area contributed by atoms with E-state index >= 15 is 0 Å². The summed E-state index contributed by atoms with van der Waals surface area (Å²) in [7, 11) is 0. The molecule has 1 aromatic heterocycles. The van der Waals surface area contributed by atoms with Gasteiger partial charge >= 0.3 is 0 Å². The highest BCUT2D eigenvalue weighted by Crippen LogP contribution is 2.22. The van der Waals surface area contributed by atoms with Gasteiger partial charge in [0, 0.05) is 12.2 Å². The average Bonchev–Trinajstić information content (AvgIpc) is 2.71. The maximum atomic E-state index is 5.78. The van der Waals surface area contributed by atoms with E-state index in [9.17, 15) is 0 Å². The zero-order valence-electron chi connectivity index (χ0n) is 7.48. The summed E-state index contributed by atoms with van der Waals surface area (Å²) in [6.07, 6.45) is 5.46. The smallest absolute Gasteiger partial charge is 0.0829 e. The second kappa shape index (κ2) is 4.17. The molecule has 1 aromatic rings. The Morgan fingerprint density at radius 3 is 3.15 bits per heavy atom. The minimum Gasteiger partial charge on any atom is -0.373 e. The van der Waals surface area contributed by atoms with Gasteiger partial charge in [-0.15, -0.1) is 11.3 Å². The fourth-order valence-electron chi connectivity index (χ4n) is 1.64. The van der Waals surface area contributed by atoms with Crippen LogP contribution in [0.3, 0.4) is 0 Å². The molecule has 72 valence electrons. The highest BCUT2D eigenvalue weighted by molar-refractivity contribution is 7.09. The highest BCUT2D eigenvalue weighted by atomic mass is 32.1. The lowest BCUT2D eigenvalue weighted by molar-refractivity contribution is 0.0463. The second-order valence-electron chi connectivity index (χ2n) is 3.47. The minimum atomic E-state index is 0.353. The number of nitrogens with two attached hydrogens (primary N) is 1. The maximum Gasteiger partial charge on any atom is 0.0829 e. The summed E-state index contributed by atoms with van der Waals surface area (Å²) in [5.74, 6) is 0. The third-order valence-electron chi connectivity index (χ3n) is 2.37. The van der Waals surface area contributed by atoms with Crippen molar-refractivity contribution in [3.05, 3.63) is 16.6 Å². The molecule has 0 spiro atoms. The van der Waals surface area contributed by atoms with Gasteiger partial charge < -0.3 is 10.5 Å². The van der Waals surface area contributed by atoms with E-state index in [1.807, 2.05) is 11.7 Å². The first-order valence-electron chi connectivity index (χ1n) is 4.59. The Hall–Kier alpha value is -0.450. The molecule has 2 unspecified atom stereocenters. The predicted octanol–water partition coefficient (Wildman–Crippen LogP) is 1.54. The molecule has 0 radical (unpaired) electrons. The lowest BCUT2D eigenvalue weighted by Gasteiger charge is -2.09. The molecule has 1 saturated carbocycles. The van der Waals surface area contributed by atoms with E-state index in [1.165, 1.54) is 4.88 Å². The molecule has 2 N–H and O–H groups in total. The van der Waals surface area contributed by atoms with Gasteiger partial charge in [0.05, 0.1) is 23.1 Å². The van der Waals surface area contributed by atoms with Crippen LogP contribution in [0.15, 0.2) is 11.7 Å². The van der Waals surface area contributed by atoms with Crippen LogP contribution in [0.5, 0.6) is 0 Å². The van der Waals surface area contributed by atoms with Crippen LogP contribution in [-0.4, -0.2) is 17.1 Å². The van der Waals surface area contributed by atoms with Crippen LogP contribution in [0.25, 0.3) is 0 Å². The molecule has 0 bridgehead atoms. The Morgan fingerprint density at radius 2 is 2.54 bits per heavy atom. The van der Waals surface area contributed by atoms with Crippen molar-refractivity contribution in [1.29, 1.82) is 0 Å². The van der Waals surface area contributed by atoms with Gasteiger partial charge in [-0.05, 0) is 19.3 Å². The van der Waals surface area contributed by atoms with E-state index in [1.54, 1.807) is 11.3 Å². The fraction of sp³-hybridized carbons (Fsp3) is 0.667. The third-order valence-corrected chi connectivity index (χ3v) is 3.12. The summed E-state index contributed by atoms with van der Waals surface area (Å²) in [6, 6.07) is 0.353. The van der Waals surface area contributed by atoms with Gasteiger partial charge in [0.1, 0.15) is 0 Å². The molecule has 0 aliphatic heterocycles. The standard InChI is InChI=1S/C9H14N2OS/c10-7-1-2-8(3-7)12-5-9-4-11-6-13-9/h4,6-8H,1-3,5,10H2. The molecule has 1 heterocycles. The van der Waals surface area contributed by atoms with Crippen LogP contribution in [0, 0.1) is 0 Å². The normalized spacial score (nSPS) is 28.1. The van der Waals surface area contributed by atoms with Crippen LogP contribution in [0.4, 0.5) is 0 Å². The topological polar surface area (TPSA) is 48.1 Å². The molecule has 0 saturated heterocycles. The van der Waals surface area contributed by atoms with Gasteiger partial charge in [-0.3, -0.25) is 4.98 Å². The van der Waals surface area contributed by atoms with E-state index in [4.69, 9.17) is 10.5 Å². The first-order chi connectivity index (χ1) is 6.34. The highest BCUT2D eigenvalue weighted by Gasteiger charge is 2.22. The van der Waals surface area contributed by atoms with E-state index in [0.717, 1.165) is 19.3 Å². The molecule has 1 fully saturated rings. The van der Waals surface area contributed by atoms with E-state index < -0.39 is 0 Å². The zero-order valence-corrected chi connectivity index (χ0v) is 8.30. The summed E-state index contributed by atoms with van der Waals surface area (Å²) in [5, 5.41) is 0. The largest absolute Gasteiger partial charge is 0.373 e. The van der Waals surface area contributed by atoms with Crippen molar-refractivity contribution in [2.24, 2.45) is 5.73 Å². The van der Waals surface area contributed by atoms with E-state index in [0.29, 0.717) is 18.8 Å². The van der Waals surface area contributed by atoms with Crippen molar-refractivity contribution >= 4 is 11.3 Å². The number of hydrogen-bond acceptors (Lipinski definition) is 4. The number of aromatic nitrogens is 1. The first kappa shape index (κ1) is 9.12. The predicted molar refractivity (Wildman–Crippen MR) is 52.5 cm³/mol. The summed E-state index contributed by atoms with van der Waals surface area (Å²) in [6.45, 7) is 0.696. The first-order valence-corrected chi connectivity index (χ1v) is 5.47. The van der Waals surface area contributed by atoms with Crippen LogP contribution in [-0.2, 0) is 11.3 Å². The van der Waals surface area contributed by atoms with Crippen molar-refractivity contribution in [1.82, 2.24) is 4.98 Å². The molecule has 4 heteroatoms. The number of nitrogens with zero attached hydrogens (tertiary/aromatic N) is 1. The Kier molecular flexibility index (Phi) is 2.93. The summed E-state index contributed by atoms with van der Waals surface area (Å²) in [4.78, 5) is 5.19. The molecule has 1 aliphatic rings. The summed E-state index contributed by atoms with van der Waals surface area (Å²) in [5.41, 5.74) is 7.62. The Morgan fingerprint density at radius 1 is 1.62 bits per heavy atom. The van der Waals surface area contributed by atoms with Gasteiger partial charge in [-0.2, -0.15) is 0 Å². The van der Waals surface area contributed by atoms with E-state index in [2.05, 4.69) is 4.98 Å². The monoisotopic (exact) mass is 198 g/mol. The van der Waals surface area contributed by atoms with Crippen molar-refractivity contribution < 1.29 is 4.74 Å². The molecule has 3 nitrogen and oxygen atoms in total. The molecule has 2 rings (SSSR count). The van der Waals surface area contributed by atoms with Crippen LogP contribution < -0.4 is 5.73 Å². The molecule has 2 atom stereocenters. The summed E-state index contributed by atoms with van der Waals surface area (Å²) >= 11 is 1.64. The van der Waals surface area contributed by atoms with Crippen molar-refractivity contribution in [3.63, 3.8) is 0 Å². The molecule has 13 heavy (non-hydrogen) atoms. The van der Waals surface area contributed by atoms with Gasteiger partial charge in [0.15, 0.2) is 0 Å². The zero-order chi connectivity index (χ0) is 9.10. The van der Waals surface area contributed by atoms with Crippen LogP contribution in [0.1, 0.15) is 24.1 Å².